The Kier molecular flexibility index (Phi) is 8.29. The lowest BCUT2D eigenvalue weighted by Gasteiger charge is -2.35. The molecule has 0 aliphatic carbocycles. The van der Waals surface area contributed by atoms with Crippen LogP contribution < -0.4 is 14.8 Å². The molecule has 2 fully saturated rings. The number of benzene rings is 1. The van der Waals surface area contributed by atoms with Crippen molar-refractivity contribution in [1.29, 1.82) is 0 Å². The lowest BCUT2D eigenvalue weighted by atomic mass is 9.97. The van der Waals surface area contributed by atoms with Crippen molar-refractivity contribution in [3.63, 3.8) is 0 Å². The Morgan fingerprint density at radius 2 is 1.97 bits per heavy atom. The van der Waals surface area contributed by atoms with Crippen molar-refractivity contribution in [2.45, 2.75) is 51.7 Å². The zero-order chi connectivity index (χ0) is 23.9. The van der Waals surface area contributed by atoms with Gasteiger partial charge in [-0.2, -0.15) is 0 Å². The summed E-state index contributed by atoms with van der Waals surface area (Å²) < 4.78 is 30.6. The maximum Gasteiger partial charge on any atom is 0.277 e. The third-order valence-electron chi connectivity index (χ3n) is 6.28. The second-order valence-electron chi connectivity index (χ2n) is 9.19. The molecule has 8 nitrogen and oxygen atoms in total. The summed E-state index contributed by atoms with van der Waals surface area (Å²) in [6.07, 6.45) is 3.61. The number of piperidine rings is 1. The minimum absolute atomic E-state index is 0.0755. The molecule has 9 heteroatoms. The first-order valence-corrected chi connectivity index (χ1v) is 12.1. The molecule has 2 saturated heterocycles. The normalized spacial score (nSPS) is 19.7. The van der Waals surface area contributed by atoms with Crippen LogP contribution in [0.4, 0.5) is 4.39 Å². The predicted molar refractivity (Wildman–Crippen MR) is 125 cm³/mol. The molecule has 3 heterocycles. The van der Waals surface area contributed by atoms with Gasteiger partial charge in [0.15, 0.2) is 11.4 Å². The summed E-state index contributed by atoms with van der Waals surface area (Å²) in [4.78, 5) is 15.3. The van der Waals surface area contributed by atoms with Crippen LogP contribution >= 0.6 is 0 Å². The van der Waals surface area contributed by atoms with Crippen molar-refractivity contribution in [2.75, 3.05) is 32.8 Å². The first-order chi connectivity index (χ1) is 16.5. The maximum absolute atomic E-state index is 13.3. The number of hydrogen-bond acceptors (Lipinski definition) is 7. The van der Waals surface area contributed by atoms with Gasteiger partial charge in [-0.25, -0.2) is 4.39 Å². The van der Waals surface area contributed by atoms with Gasteiger partial charge < -0.3 is 24.4 Å². The number of likely N-dealkylation sites (tertiary alicyclic amines) is 1. The monoisotopic (exact) mass is 472 g/mol. The van der Waals surface area contributed by atoms with E-state index in [2.05, 4.69) is 34.3 Å². The largest absolute Gasteiger partial charge is 0.470 e. The molecule has 1 aromatic heterocycles. The number of halogens is 1. The molecule has 0 saturated carbocycles. The van der Waals surface area contributed by atoms with E-state index < -0.39 is 0 Å². The molecule has 0 spiro atoms. The van der Waals surface area contributed by atoms with Crippen molar-refractivity contribution in [2.24, 2.45) is 5.92 Å². The van der Waals surface area contributed by atoms with E-state index in [0.29, 0.717) is 37.5 Å². The number of aromatic nitrogens is 2. The van der Waals surface area contributed by atoms with Gasteiger partial charge in [-0.05, 0) is 63.4 Å². The summed E-state index contributed by atoms with van der Waals surface area (Å²) in [6.45, 7) is 8.28. The Balaban J connectivity index is 1.45. The molecule has 0 bridgehead atoms. The number of ether oxygens (including phenoxy) is 3. The Bertz CT molecular complexity index is 950. The average molecular weight is 473 g/mol. The predicted octanol–water partition coefficient (Wildman–Crippen LogP) is 3.82. The van der Waals surface area contributed by atoms with Gasteiger partial charge in [0.1, 0.15) is 17.7 Å². The molecule has 4 rings (SSSR count). The topological polar surface area (TPSA) is 85.8 Å². The number of nitrogens with one attached hydrogen (secondary N) is 1. The second kappa shape index (κ2) is 11.6. The molecule has 2 aliphatic heterocycles. The van der Waals surface area contributed by atoms with Gasteiger partial charge in [0.25, 0.3) is 11.8 Å². The van der Waals surface area contributed by atoms with E-state index >= 15 is 0 Å². The summed E-state index contributed by atoms with van der Waals surface area (Å²) in [5.41, 5.74) is 0.146. The number of carbonyl (C=O) groups excluding carboxylic acids is 1. The Labute approximate surface area is 199 Å². The maximum atomic E-state index is 13.3. The quantitative estimate of drug-likeness (QED) is 0.625. The van der Waals surface area contributed by atoms with Crippen molar-refractivity contribution >= 4 is 5.91 Å². The van der Waals surface area contributed by atoms with Gasteiger partial charge in [0.2, 0.25) is 0 Å². The number of rotatable bonds is 8. The number of amides is 1. The van der Waals surface area contributed by atoms with Crippen LogP contribution in [0.3, 0.4) is 0 Å². The van der Waals surface area contributed by atoms with E-state index in [0.717, 1.165) is 38.8 Å². The smallest absolute Gasteiger partial charge is 0.277 e. The van der Waals surface area contributed by atoms with E-state index in [9.17, 15) is 9.18 Å². The number of hydrogen-bond donors (Lipinski definition) is 1. The molecule has 1 N–H and O–H groups in total. The van der Waals surface area contributed by atoms with Gasteiger partial charge in [0, 0.05) is 38.0 Å². The van der Waals surface area contributed by atoms with Crippen LogP contribution in [0.5, 0.6) is 17.4 Å². The van der Waals surface area contributed by atoms with Gasteiger partial charge in [-0.1, -0.05) is 0 Å². The SMILES string of the molecule is CC(C)N1CCCC(CNC(=O)c2cc(Oc3ccc(F)cc3)c(OC3CCOCC3)nn2)C1. The van der Waals surface area contributed by atoms with Gasteiger partial charge in [-0.15, -0.1) is 10.2 Å². The van der Waals surface area contributed by atoms with Gasteiger partial charge in [0.05, 0.1) is 13.2 Å². The number of carbonyl (C=O) groups is 1. The van der Waals surface area contributed by atoms with E-state index in [1.54, 1.807) is 0 Å². The van der Waals surface area contributed by atoms with Crippen LogP contribution in [-0.4, -0.2) is 66.0 Å². The van der Waals surface area contributed by atoms with E-state index in [-0.39, 0.29) is 35.2 Å². The Hall–Kier alpha value is -2.78. The lowest BCUT2D eigenvalue weighted by Crippen LogP contribution is -2.43. The third kappa shape index (κ3) is 6.64. The number of nitrogens with zero attached hydrogens (tertiary/aromatic N) is 3. The highest BCUT2D eigenvalue weighted by molar-refractivity contribution is 5.92. The van der Waals surface area contributed by atoms with E-state index in [4.69, 9.17) is 14.2 Å². The highest BCUT2D eigenvalue weighted by Gasteiger charge is 2.24. The van der Waals surface area contributed by atoms with E-state index in [1.165, 1.54) is 30.3 Å². The fourth-order valence-corrected chi connectivity index (χ4v) is 4.27. The average Bonchev–Trinajstić information content (AvgIpc) is 2.86. The molecule has 1 amide bonds. The van der Waals surface area contributed by atoms with Crippen LogP contribution in [-0.2, 0) is 4.74 Å². The second-order valence-corrected chi connectivity index (χ2v) is 9.19. The summed E-state index contributed by atoms with van der Waals surface area (Å²) in [7, 11) is 0. The molecule has 2 aliphatic rings. The van der Waals surface area contributed by atoms with Crippen LogP contribution in [0.2, 0.25) is 0 Å². The molecule has 0 radical (unpaired) electrons. The fraction of sp³-hybridized carbons (Fsp3) is 0.560. The standard InChI is InChI=1S/C25H33FN4O4/c1-17(2)30-11-3-4-18(16-30)15-27-24(31)22-14-23(33-20-7-5-19(26)6-8-20)25(29-28-22)34-21-9-12-32-13-10-21/h5-8,14,17-18,21H,3-4,9-13,15-16H2,1-2H3,(H,27,31). The minimum atomic E-state index is -0.363. The zero-order valence-electron chi connectivity index (χ0n) is 19.8. The minimum Gasteiger partial charge on any atom is -0.470 e. The van der Waals surface area contributed by atoms with E-state index in [1.807, 2.05) is 0 Å². The van der Waals surface area contributed by atoms with Crippen LogP contribution in [0.15, 0.2) is 30.3 Å². The summed E-state index contributed by atoms with van der Waals surface area (Å²) in [5.74, 6) is 0.607. The third-order valence-corrected chi connectivity index (χ3v) is 6.28. The Morgan fingerprint density at radius 1 is 1.21 bits per heavy atom. The summed E-state index contributed by atoms with van der Waals surface area (Å²) in [5, 5.41) is 11.3. The van der Waals surface area contributed by atoms with Crippen molar-refractivity contribution in [3.8, 4) is 17.4 Å². The molecule has 184 valence electrons. The van der Waals surface area contributed by atoms with Crippen molar-refractivity contribution < 1.29 is 23.4 Å². The molecule has 1 aromatic carbocycles. The molecular formula is C25H33FN4O4. The van der Waals surface area contributed by atoms with Crippen LogP contribution in [0.25, 0.3) is 0 Å². The van der Waals surface area contributed by atoms with Crippen LogP contribution in [0, 0.1) is 11.7 Å². The first-order valence-electron chi connectivity index (χ1n) is 12.1. The highest BCUT2D eigenvalue weighted by atomic mass is 19.1. The molecule has 1 unspecified atom stereocenters. The Morgan fingerprint density at radius 3 is 2.71 bits per heavy atom. The van der Waals surface area contributed by atoms with Gasteiger partial charge >= 0.3 is 0 Å². The first kappa shape index (κ1) is 24.3. The highest BCUT2D eigenvalue weighted by Crippen LogP contribution is 2.31. The molecule has 1 atom stereocenters. The summed E-state index contributed by atoms with van der Waals surface area (Å²) >= 11 is 0. The molecular weight excluding hydrogens is 439 g/mol. The van der Waals surface area contributed by atoms with Gasteiger partial charge in [-0.3, -0.25) is 4.79 Å². The van der Waals surface area contributed by atoms with Crippen molar-refractivity contribution in [3.05, 3.63) is 41.8 Å². The summed E-state index contributed by atoms with van der Waals surface area (Å²) in [6, 6.07) is 7.66. The zero-order valence-corrected chi connectivity index (χ0v) is 19.8. The van der Waals surface area contributed by atoms with Crippen molar-refractivity contribution in [1.82, 2.24) is 20.4 Å². The molecule has 2 aromatic rings. The van der Waals surface area contributed by atoms with Crippen LogP contribution in [0.1, 0.15) is 50.0 Å². The fourth-order valence-electron chi connectivity index (χ4n) is 4.27. The molecule has 34 heavy (non-hydrogen) atoms. The lowest BCUT2D eigenvalue weighted by molar-refractivity contribution is 0.0223.